The first-order chi connectivity index (χ1) is 10.7. The number of benzene rings is 1. The van der Waals surface area contributed by atoms with Crippen LogP contribution in [0.5, 0.6) is 0 Å². The summed E-state index contributed by atoms with van der Waals surface area (Å²) in [5, 5.41) is 3.29. The van der Waals surface area contributed by atoms with E-state index in [4.69, 9.17) is 4.74 Å². The fourth-order valence-corrected chi connectivity index (χ4v) is 3.31. The third kappa shape index (κ3) is 3.65. The lowest BCUT2D eigenvalue weighted by molar-refractivity contribution is -0.135. The van der Waals surface area contributed by atoms with Crippen molar-refractivity contribution < 1.29 is 13.9 Å². The number of ether oxygens (including phenoxy) is 1. The van der Waals surface area contributed by atoms with Gasteiger partial charge < -0.3 is 15.0 Å². The highest BCUT2D eigenvalue weighted by atomic mass is 19.1. The van der Waals surface area contributed by atoms with Crippen LogP contribution in [0.1, 0.15) is 37.3 Å². The molecule has 1 N–H and O–H groups in total. The molecule has 120 valence electrons. The van der Waals surface area contributed by atoms with E-state index in [-0.39, 0.29) is 23.9 Å². The fraction of sp³-hybridized carbons (Fsp3) is 0.588. The zero-order valence-electron chi connectivity index (χ0n) is 12.8. The van der Waals surface area contributed by atoms with E-state index in [1.54, 1.807) is 6.07 Å². The predicted molar refractivity (Wildman–Crippen MR) is 81.9 cm³/mol. The first-order valence-corrected chi connectivity index (χ1v) is 8.11. The van der Waals surface area contributed by atoms with Gasteiger partial charge in [-0.15, -0.1) is 0 Å². The monoisotopic (exact) mass is 306 g/mol. The molecule has 3 rings (SSSR count). The highest BCUT2D eigenvalue weighted by Crippen LogP contribution is 2.25. The quantitative estimate of drug-likeness (QED) is 0.928. The molecule has 0 bridgehead atoms. The second kappa shape index (κ2) is 7.20. The number of rotatable bonds is 4. The van der Waals surface area contributed by atoms with Crippen LogP contribution in [0.25, 0.3) is 0 Å². The van der Waals surface area contributed by atoms with Crippen molar-refractivity contribution >= 4 is 5.91 Å². The Hall–Kier alpha value is -1.46. The van der Waals surface area contributed by atoms with Crippen LogP contribution in [0.4, 0.5) is 4.39 Å². The number of nitrogens with one attached hydrogen (secondary N) is 1. The van der Waals surface area contributed by atoms with E-state index in [0.717, 1.165) is 38.0 Å². The van der Waals surface area contributed by atoms with E-state index in [2.05, 4.69) is 5.32 Å². The number of piperazine rings is 1. The zero-order chi connectivity index (χ0) is 15.4. The van der Waals surface area contributed by atoms with E-state index in [1.165, 1.54) is 12.1 Å². The number of amides is 1. The second-order valence-corrected chi connectivity index (χ2v) is 6.04. The van der Waals surface area contributed by atoms with Gasteiger partial charge in [0.05, 0.1) is 12.1 Å². The second-order valence-electron chi connectivity index (χ2n) is 6.04. The van der Waals surface area contributed by atoms with Crippen molar-refractivity contribution in [1.82, 2.24) is 10.2 Å². The average molecular weight is 306 g/mol. The largest absolute Gasteiger partial charge is 0.378 e. The molecule has 4 nitrogen and oxygen atoms in total. The number of carbonyl (C=O) groups excluding carboxylic acids is 1. The van der Waals surface area contributed by atoms with Crippen molar-refractivity contribution in [1.29, 1.82) is 0 Å². The smallest absolute Gasteiger partial charge is 0.223 e. The molecule has 1 amide bonds. The van der Waals surface area contributed by atoms with E-state index in [0.29, 0.717) is 19.5 Å². The molecule has 1 aromatic carbocycles. The lowest BCUT2D eigenvalue weighted by atomic mass is 10.0. The molecule has 2 unspecified atom stereocenters. The van der Waals surface area contributed by atoms with Crippen molar-refractivity contribution in [2.75, 3.05) is 26.2 Å². The number of nitrogens with zero attached hydrogens (tertiary/aromatic N) is 1. The Labute approximate surface area is 130 Å². The third-order valence-electron chi connectivity index (χ3n) is 4.50. The lowest BCUT2D eigenvalue weighted by Crippen LogP contribution is -2.48. The van der Waals surface area contributed by atoms with Crippen LogP contribution in [-0.2, 0) is 9.53 Å². The standard InChI is InChI=1S/C17H23FN2O2/c18-14-4-1-3-13(11-14)16-12-19-8-9-20(16)17(21)7-6-15-5-2-10-22-15/h1,3-4,11,15-16,19H,2,5-10,12H2. The molecule has 5 heteroatoms. The van der Waals surface area contributed by atoms with Gasteiger partial charge in [0, 0.05) is 32.7 Å². The average Bonchev–Trinajstić information content (AvgIpc) is 3.06. The minimum atomic E-state index is -0.255. The summed E-state index contributed by atoms with van der Waals surface area (Å²) >= 11 is 0. The summed E-state index contributed by atoms with van der Waals surface area (Å²) in [4.78, 5) is 14.5. The highest BCUT2D eigenvalue weighted by Gasteiger charge is 2.28. The molecule has 2 fully saturated rings. The molecular formula is C17H23FN2O2. The van der Waals surface area contributed by atoms with E-state index < -0.39 is 0 Å². The van der Waals surface area contributed by atoms with Crippen molar-refractivity contribution in [2.45, 2.75) is 37.8 Å². The first-order valence-electron chi connectivity index (χ1n) is 8.11. The molecule has 2 aliphatic rings. The Morgan fingerprint density at radius 2 is 2.36 bits per heavy atom. The van der Waals surface area contributed by atoms with Gasteiger partial charge in [-0.3, -0.25) is 4.79 Å². The Morgan fingerprint density at radius 1 is 1.45 bits per heavy atom. The summed E-state index contributed by atoms with van der Waals surface area (Å²) in [5.74, 6) is -0.110. The van der Waals surface area contributed by atoms with Gasteiger partial charge in [0.1, 0.15) is 5.82 Å². The molecule has 0 spiro atoms. The van der Waals surface area contributed by atoms with Gasteiger partial charge >= 0.3 is 0 Å². The van der Waals surface area contributed by atoms with Crippen molar-refractivity contribution in [2.24, 2.45) is 0 Å². The summed E-state index contributed by atoms with van der Waals surface area (Å²) in [6.07, 6.45) is 3.69. The number of hydrogen-bond donors (Lipinski definition) is 1. The minimum absolute atomic E-state index is 0.0820. The molecule has 0 saturated carbocycles. The van der Waals surface area contributed by atoms with Crippen LogP contribution < -0.4 is 5.32 Å². The Kier molecular flexibility index (Phi) is 5.05. The predicted octanol–water partition coefficient (Wildman–Crippen LogP) is 2.26. The van der Waals surface area contributed by atoms with Crippen LogP contribution in [0.15, 0.2) is 24.3 Å². The van der Waals surface area contributed by atoms with Gasteiger partial charge in [-0.1, -0.05) is 12.1 Å². The molecular weight excluding hydrogens is 283 g/mol. The van der Waals surface area contributed by atoms with Crippen LogP contribution in [0, 0.1) is 5.82 Å². The lowest BCUT2D eigenvalue weighted by Gasteiger charge is -2.37. The zero-order valence-corrected chi connectivity index (χ0v) is 12.8. The third-order valence-corrected chi connectivity index (χ3v) is 4.50. The normalized spacial score (nSPS) is 25.4. The summed E-state index contributed by atoms with van der Waals surface area (Å²) in [6.45, 7) is 2.95. The fourth-order valence-electron chi connectivity index (χ4n) is 3.31. The Balaban J connectivity index is 1.65. The summed E-state index contributed by atoms with van der Waals surface area (Å²) in [6, 6.07) is 6.47. The van der Waals surface area contributed by atoms with Crippen LogP contribution in [0.3, 0.4) is 0 Å². The Bertz CT molecular complexity index is 517. The molecule has 2 aliphatic heterocycles. The van der Waals surface area contributed by atoms with Gasteiger partial charge in [-0.2, -0.15) is 0 Å². The van der Waals surface area contributed by atoms with Gasteiger partial charge in [-0.25, -0.2) is 4.39 Å². The topological polar surface area (TPSA) is 41.6 Å². The molecule has 2 saturated heterocycles. The van der Waals surface area contributed by atoms with Crippen LogP contribution in [0.2, 0.25) is 0 Å². The molecule has 0 aromatic heterocycles. The molecule has 0 radical (unpaired) electrons. The summed E-state index contributed by atoms with van der Waals surface area (Å²) in [7, 11) is 0. The van der Waals surface area contributed by atoms with E-state index in [1.807, 2.05) is 11.0 Å². The highest BCUT2D eigenvalue weighted by molar-refractivity contribution is 5.77. The maximum absolute atomic E-state index is 13.5. The molecule has 2 heterocycles. The molecule has 1 aromatic rings. The Morgan fingerprint density at radius 3 is 3.14 bits per heavy atom. The maximum atomic E-state index is 13.5. The van der Waals surface area contributed by atoms with E-state index >= 15 is 0 Å². The van der Waals surface area contributed by atoms with Gasteiger partial charge in [0.25, 0.3) is 0 Å². The van der Waals surface area contributed by atoms with Crippen molar-refractivity contribution in [3.63, 3.8) is 0 Å². The number of carbonyl (C=O) groups is 1. The van der Waals surface area contributed by atoms with Gasteiger partial charge in [0.2, 0.25) is 5.91 Å². The van der Waals surface area contributed by atoms with Crippen LogP contribution in [-0.4, -0.2) is 43.2 Å². The van der Waals surface area contributed by atoms with Crippen molar-refractivity contribution in [3.05, 3.63) is 35.6 Å². The SMILES string of the molecule is O=C(CCC1CCCO1)N1CCNCC1c1cccc(F)c1. The summed E-state index contributed by atoms with van der Waals surface area (Å²) in [5.41, 5.74) is 0.859. The number of hydrogen-bond acceptors (Lipinski definition) is 3. The minimum Gasteiger partial charge on any atom is -0.378 e. The van der Waals surface area contributed by atoms with Gasteiger partial charge in [-0.05, 0) is 37.0 Å². The maximum Gasteiger partial charge on any atom is 0.223 e. The van der Waals surface area contributed by atoms with Crippen molar-refractivity contribution in [3.8, 4) is 0 Å². The summed E-state index contributed by atoms with van der Waals surface area (Å²) < 4.78 is 19.0. The molecule has 0 aliphatic carbocycles. The van der Waals surface area contributed by atoms with E-state index in [9.17, 15) is 9.18 Å². The molecule has 22 heavy (non-hydrogen) atoms. The number of halogens is 1. The first kappa shape index (κ1) is 15.4. The van der Waals surface area contributed by atoms with Gasteiger partial charge in [0.15, 0.2) is 0 Å². The molecule has 2 atom stereocenters. The van der Waals surface area contributed by atoms with Crippen LogP contribution >= 0.6 is 0 Å².